The van der Waals surface area contributed by atoms with E-state index in [1.165, 1.54) is 6.26 Å². The first-order chi connectivity index (χ1) is 15.8. The molecule has 1 aliphatic heterocycles. The summed E-state index contributed by atoms with van der Waals surface area (Å²) in [6.07, 6.45) is 9.97. The van der Waals surface area contributed by atoms with Gasteiger partial charge in [0.15, 0.2) is 0 Å². The van der Waals surface area contributed by atoms with Gasteiger partial charge in [-0.1, -0.05) is 13.2 Å². The predicted molar refractivity (Wildman–Crippen MR) is 133 cm³/mol. The van der Waals surface area contributed by atoms with Crippen molar-refractivity contribution >= 4 is 11.6 Å². The Balaban J connectivity index is 2.07. The lowest BCUT2D eigenvalue weighted by Crippen LogP contribution is -2.29. The van der Waals surface area contributed by atoms with Crippen LogP contribution in [-0.2, 0) is 11.2 Å². The van der Waals surface area contributed by atoms with Gasteiger partial charge in [-0.15, -0.1) is 12.3 Å². The van der Waals surface area contributed by atoms with Crippen LogP contribution in [0.5, 0.6) is 5.75 Å². The molecular formula is C26H36N4O3. The van der Waals surface area contributed by atoms with E-state index in [0.717, 1.165) is 49.2 Å². The summed E-state index contributed by atoms with van der Waals surface area (Å²) in [6, 6.07) is 3.46. The Hall–Kier alpha value is -3.37. The molecule has 1 aliphatic rings. The quantitative estimate of drug-likeness (QED) is 0.209. The second-order valence-electron chi connectivity index (χ2n) is 8.06. The number of amides is 1. The third-order valence-corrected chi connectivity index (χ3v) is 5.16. The second-order valence-corrected chi connectivity index (χ2v) is 8.06. The van der Waals surface area contributed by atoms with Gasteiger partial charge in [0.05, 0.1) is 12.6 Å². The van der Waals surface area contributed by atoms with Crippen molar-refractivity contribution in [1.29, 1.82) is 0 Å². The SMILES string of the molecule is C#CCCNCCCNC(=O)c1cc2c(c(C(=C)NC(C)C(=C)O/C=C(/C)N)c1)CCCO2. The van der Waals surface area contributed by atoms with Crippen LogP contribution in [0.15, 0.2) is 43.0 Å². The molecule has 1 unspecified atom stereocenters. The van der Waals surface area contributed by atoms with Crippen LogP contribution in [0.4, 0.5) is 0 Å². The lowest BCUT2D eigenvalue weighted by atomic mass is 9.95. The Labute approximate surface area is 197 Å². The standard InChI is InChI=1S/C26H36N4O3/c1-6-7-11-28-12-9-13-29-26(31)22-15-24(23-10-8-14-32-25(23)16-22)20(4)30-19(3)21(5)33-17-18(2)27/h1,15-17,19,28,30H,4-5,7-14,27H2,2-3H3,(H,29,31)/b18-17-. The van der Waals surface area contributed by atoms with E-state index in [2.05, 4.69) is 35.0 Å². The van der Waals surface area contributed by atoms with Gasteiger partial charge in [0, 0.05) is 47.6 Å². The molecule has 7 heteroatoms. The largest absolute Gasteiger partial charge is 0.493 e. The predicted octanol–water partition coefficient (Wildman–Crippen LogP) is 3.04. The van der Waals surface area contributed by atoms with Crippen molar-refractivity contribution in [2.24, 2.45) is 5.73 Å². The number of ether oxygens (including phenoxy) is 2. The molecule has 0 aromatic heterocycles. The minimum atomic E-state index is -0.215. The molecule has 0 spiro atoms. The maximum atomic E-state index is 12.8. The first-order valence-electron chi connectivity index (χ1n) is 11.3. The smallest absolute Gasteiger partial charge is 0.251 e. The number of hydrogen-bond donors (Lipinski definition) is 4. The molecule has 1 atom stereocenters. The number of hydrogen-bond acceptors (Lipinski definition) is 6. The highest BCUT2D eigenvalue weighted by atomic mass is 16.5. The van der Waals surface area contributed by atoms with E-state index in [1.54, 1.807) is 6.92 Å². The van der Waals surface area contributed by atoms with Crippen LogP contribution < -0.4 is 26.4 Å². The van der Waals surface area contributed by atoms with Crippen LogP contribution in [0.25, 0.3) is 5.70 Å². The van der Waals surface area contributed by atoms with Crippen molar-refractivity contribution in [2.75, 3.05) is 26.2 Å². The van der Waals surface area contributed by atoms with Crippen molar-refractivity contribution < 1.29 is 14.3 Å². The van der Waals surface area contributed by atoms with Crippen LogP contribution in [0.1, 0.15) is 54.6 Å². The Kier molecular flexibility index (Phi) is 10.4. The summed E-state index contributed by atoms with van der Waals surface area (Å²) < 4.78 is 11.3. The molecule has 0 saturated heterocycles. The van der Waals surface area contributed by atoms with Crippen LogP contribution >= 0.6 is 0 Å². The molecule has 5 N–H and O–H groups in total. The molecule has 0 radical (unpaired) electrons. The Morgan fingerprint density at radius 2 is 2.15 bits per heavy atom. The average Bonchev–Trinajstić information content (AvgIpc) is 2.80. The van der Waals surface area contributed by atoms with Crippen molar-refractivity contribution in [3.63, 3.8) is 0 Å². The van der Waals surface area contributed by atoms with Crippen LogP contribution in [-0.4, -0.2) is 38.2 Å². The molecule has 33 heavy (non-hydrogen) atoms. The lowest BCUT2D eigenvalue weighted by Gasteiger charge is -2.25. The highest BCUT2D eigenvalue weighted by molar-refractivity contribution is 5.96. The second kappa shape index (κ2) is 13.2. The number of terminal acetylenes is 1. The van der Waals surface area contributed by atoms with Gasteiger partial charge < -0.3 is 31.2 Å². The molecule has 1 heterocycles. The van der Waals surface area contributed by atoms with E-state index in [1.807, 2.05) is 19.1 Å². The highest BCUT2D eigenvalue weighted by Gasteiger charge is 2.21. The van der Waals surface area contributed by atoms with E-state index >= 15 is 0 Å². The molecule has 1 aromatic rings. The van der Waals surface area contributed by atoms with E-state index < -0.39 is 0 Å². The highest BCUT2D eigenvalue weighted by Crippen LogP contribution is 2.32. The van der Waals surface area contributed by atoms with Crippen molar-refractivity contribution in [3.8, 4) is 18.1 Å². The molecule has 0 aliphatic carbocycles. The Morgan fingerprint density at radius 1 is 1.36 bits per heavy atom. The first-order valence-corrected chi connectivity index (χ1v) is 11.3. The fourth-order valence-corrected chi connectivity index (χ4v) is 3.36. The minimum absolute atomic E-state index is 0.144. The Bertz CT molecular complexity index is 926. The number of allylic oxidation sites excluding steroid dienone is 1. The van der Waals surface area contributed by atoms with Gasteiger partial charge >= 0.3 is 0 Å². The van der Waals surface area contributed by atoms with Gasteiger partial charge in [-0.25, -0.2) is 0 Å². The van der Waals surface area contributed by atoms with Gasteiger partial charge in [0.1, 0.15) is 17.8 Å². The molecular weight excluding hydrogens is 416 g/mol. The Morgan fingerprint density at radius 3 is 2.88 bits per heavy atom. The van der Waals surface area contributed by atoms with E-state index in [0.29, 0.717) is 42.3 Å². The third-order valence-electron chi connectivity index (χ3n) is 5.16. The lowest BCUT2D eigenvalue weighted by molar-refractivity contribution is 0.0952. The van der Waals surface area contributed by atoms with Crippen molar-refractivity contribution in [1.82, 2.24) is 16.0 Å². The summed E-state index contributed by atoms with van der Waals surface area (Å²) in [5.41, 5.74) is 9.29. The maximum Gasteiger partial charge on any atom is 0.251 e. The number of nitrogens with one attached hydrogen (secondary N) is 3. The van der Waals surface area contributed by atoms with Crippen LogP contribution in [0.3, 0.4) is 0 Å². The summed E-state index contributed by atoms with van der Waals surface area (Å²) >= 11 is 0. The molecule has 0 saturated carbocycles. The summed E-state index contributed by atoms with van der Waals surface area (Å²) in [6.45, 7) is 14.6. The summed E-state index contributed by atoms with van der Waals surface area (Å²) in [5.74, 6) is 3.68. The molecule has 2 rings (SSSR count). The topological polar surface area (TPSA) is 97.6 Å². The monoisotopic (exact) mass is 452 g/mol. The first kappa shape index (κ1) is 25.9. The number of carbonyl (C=O) groups is 1. The molecule has 1 amide bonds. The zero-order chi connectivity index (χ0) is 24.2. The summed E-state index contributed by atoms with van der Waals surface area (Å²) in [7, 11) is 0. The zero-order valence-electron chi connectivity index (χ0n) is 19.8. The van der Waals surface area contributed by atoms with E-state index in [4.69, 9.17) is 21.6 Å². The van der Waals surface area contributed by atoms with Gasteiger partial charge in [0.2, 0.25) is 0 Å². The third kappa shape index (κ3) is 8.24. The average molecular weight is 453 g/mol. The van der Waals surface area contributed by atoms with E-state index in [-0.39, 0.29) is 11.9 Å². The minimum Gasteiger partial charge on any atom is -0.493 e. The number of carbonyl (C=O) groups excluding carboxylic acids is 1. The van der Waals surface area contributed by atoms with Crippen LogP contribution in [0, 0.1) is 12.3 Å². The van der Waals surface area contributed by atoms with Gasteiger partial charge in [-0.2, -0.15) is 0 Å². The molecule has 1 aromatic carbocycles. The van der Waals surface area contributed by atoms with Gasteiger partial charge in [0.25, 0.3) is 5.91 Å². The molecule has 178 valence electrons. The van der Waals surface area contributed by atoms with Crippen molar-refractivity contribution in [3.05, 3.63) is 59.7 Å². The van der Waals surface area contributed by atoms with Crippen molar-refractivity contribution in [2.45, 2.75) is 45.6 Å². The molecule has 0 bridgehead atoms. The number of benzene rings is 1. The fraction of sp³-hybridized carbons (Fsp3) is 0.423. The van der Waals surface area contributed by atoms with E-state index in [9.17, 15) is 4.79 Å². The zero-order valence-corrected chi connectivity index (χ0v) is 19.8. The summed E-state index contributed by atoms with van der Waals surface area (Å²) in [5, 5.41) is 9.53. The van der Waals surface area contributed by atoms with Gasteiger partial charge in [-0.3, -0.25) is 4.79 Å². The fourth-order valence-electron chi connectivity index (χ4n) is 3.36. The molecule has 0 fully saturated rings. The normalized spacial score (nSPS) is 13.7. The summed E-state index contributed by atoms with van der Waals surface area (Å²) in [4.78, 5) is 12.8. The number of fused-ring (bicyclic) bond motifs is 1. The molecule has 7 nitrogen and oxygen atoms in total. The maximum absolute atomic E-state index is 12.8. The number of rotatable bonds is 13. The van der Waals surface area contributed by atoms with Crippen LogP contribution in [0.2, 0.25) is 0 Å². The number of nitrogens with two attached hydrogens (primary N) is 1. The van der Waals surface area contributed by atoms with Gasteiger partial charge in [-0.05, 0) is 51.8 Å².